The number of rotatable bonds is 8. The molecule has 0 aliphatic carbocycles. The molecule has 4 aliphatic rings. The van der Waals surface area contributed by atoms with Crippen molar-refractivity contribution in [1.82, 2.24) is 0 Å². The standard InChI is InChI=1S/C24H42O19/c1-5-9(27)12(30)15(33)22(37-5)42-19-17(35)21(36)39-8(4-26)18(19)41-24-20(14(32)11(29)7(3-25)40-24)43-23-16(34)13(31)10(28)6(2)38-23/h5-36H,3-4H2,1-2H3/t5-,6-,7+,8+,9+,10+,11-,12+,13+,14-,15-,16-,17+,18+,19+,20+,21?,22+,23+,24-/m0/s1. The molecular formula is C24H42O19. The van der Waals surface area contributed by atoms with E-state index in [0.717, 1.165) is 0 Å². The molecule has 20 atom stereocenters. The van der Waals surface area contributed by atoms with E-state index in [2.05, 4.69) is 0 Å². The predicted octanol–water partition coefficient (Wildman–Crippen LogP) is -7.69. The summed E-state index contributed by atoms with van der Waals surface area (Å²) < 4.78 is 38.9. The zero-order chi connectivity index (χ0) is 31.9. The molecule has 0 bridgehead atoms. The molecule has 0 aromatic heterocycles. The van der Waals surface area contributed by atoms with Gasteiger partial charge in [0.05, 0.1) is 25.4 Å². The van der Waals surface area contributed by atoms with E-state index in [1.807, 2.05) is 0 Å². The zero-order valence-corrected chi connectivity index (χ0v) is 23.2. The van der Waals surface area contributed by atoms with Gasteiger partial charge in [-0.3, -0.25) is 0 Å². The van der Waals surface area contributed by atoms with Gasteiger partial charge in [-0.1, -0.05) is 0 Å². The van der Waals surface area contributed by atoms with E-state index in [1.165, 1.54) is 13.8 Å². The maximum Gasteiger partial charge on any atom is 0.187 e. The van der Waals surface area contributed by atoms with Gasteiger partial charge in [-0.05, 0) is 13.8 Å². The van der Waals surface area contributed by atoms with Crippen LogP contribution in [0.1, 0.15) is 13.8 Å². The van der Waals surface area contributed by atoms with Gasteiger partial charge in [-0.25, -0.2) is 0 Å². The monoisotopic (exact) mass is 634 g/mol. The Balaban J connectivity index is 1.62. The summed E-state index contributed by atoms with van der Waals surface area (Å²) in [6.07, 6.45) is -33.2. The Kier molecular flexibility index (Phi) is 11.7. The first-order valence-electron chi connectivity index (χ1n) is 13.8. The Morgan fingerprint density at radius 3 is 1.37 bits per heavy atom. The van der Waals surface area contributed by atoms with Gasteiger partial charge in [0, 0.05) is 0 Å². The fourth-order valence-electron chi connectivity index (χ4n) is 5.40. The molecule has 43 heavy (non-hydrogen) atoms. The fourth-order valence-corrected chi connectivity index (χ4v) is 5.40. The van der Waals surface area contributed by atoms with Gasteiger partial charge in [0.25, 0.3) is 0 Å². The van der Waals surface area contributed by atoms with Crippen LogP contribution in [-0.4, -0.2) is 197 Å². The molecule has 19 nitrogen and oxygen atoms in total. The highest BCUT2D eigenvalue weighted by atomic mass is 16.8. The molecular weight excluding hydrogens is 592 g/mol. The average Bonchev–Trinajstić information content (AvgIpc) is 2.98. The van der Waals surface area contributed by atoms with Gasteiger partial charge in [0.1, 0.15) is 85.5 Å². The van der Waals surface area contributed by atoms with Crippen molar-refractivity contribution in [1.29, 1.82) is 0 Å². The second-order valence-electron chi connectivity index (χ2n) is 11.1. The van der Waals surface area contributed by atoms with Crippen molar-refractivity contribution in [3.8, 4) is 0 Å². The van der Waals surface area contributed by atoms with E-state index in [-0.39, 0.29) is 0 Å². The zero-order valence-electron chi connectivity index (χ0n) is 23.2. The molecule has 4 heterocycles. The molecule has 4 saturated heterocycles. The van der Waals surface area contributed by atoms with Gasteiger partial charge >= 0.3 is 0 Å². The summed E-state index contributed by atoms with van der Waals surface area (Å²) in [7, 11) is 0. The van der Waals surface area contributed by atoms with Crippen molar-refractivity contribution >= 4 is 0 Å². The Labute approximate surface area is 244 Å². The third-order valence-electron chi connectivity index (χ3n) is 8.13. The highest BCUT2D eigenvalue weighted by Gasteiger charge is 2.55. The molecule has 1 unspecified atom stereocenters. The van der Waals surface area contributed by atoms with Crippen LogP contribution in [-0.2, 0) is 33.2 Å². The van der Waals surface area contributed by atoms with Crippen LogP contribution >= 0.6 is 0 Å². The second kappa shape index (κ2) is 14.3. The van der Waals surface area contributed by atoms with Crippen LogP contribution < -0.4 is 0 Å². The van der Waals surface area contributed by atoms with Crippen molar-refractivity contribution in [2.24, 2.45) is 0 Å². The fraction of sp³-hybridized carbons (Fsp3) is 1.00. The first-order chi connectivity index (χ1) is 20.2. The van der Waals surface area contributed by atoms with Gasteiger partial charge in [-0.15, -0.1) is 0 Å². The highest BCUT2D eigenvalue weighted by Crippen LogP contribution is 2.35. The maximum atomic E-state index is 10.9. The summed E-state index contributed by atoms with van der Waals surface area (Å²) in [5, 5.41) is 123. The Morgan fingerprint density at radius 2 is 0.884 bits per heavy atom. The molecule has 0 radical (unpaired) electrons. The SMILES string of the molecule is C[C@@H]1O[C@H](O[C@H]2[C@H](O[C@H]3[C@H](O[C@H]4O[C@@H](C)[C@@H](O)[C@@H](O)[C@@H]4O)[C@@H](O)C(O)O[C@@H]3CO)O[C@H](CO)[C@H](O)[C@@H]2O)[C@@H](O)[C@H](O)[C@@H]1O. The Hall–Kier alpha value is -0.760. The topological polar surface area (TPSA) is 307 Å². The average molecular weight is 635 g/mol. The van der Waals surface area contributed by atoms with Gasteiger partial charge < -0.3 is 94.4 Å². The van der Waals surface area contributed by atoms with Crippen molar-refractivity contribution in [2.75, 3.05) is 13.2 Å². The third-order valence-corrected chi connectivity index (χ3v) is 8.13. The minimum Gasteiger partial charge on any atom is -0.394 e. The van der Waals surface area contributed by atoms with Crippen LogP contribution in [0.15, 0.2) is 0 Å². The molecule has 0 amide bonds. The van der Waals surface area contributed by atoms with Gasteiger partial charge in [0.2, 0.25) is 0 Å². The third kappa shape index (κ3) is 7.00. The number of hydrogen-bond acceptors (Lipinski definition) is 19. The minimum atomic E-state index is -1.97. The van der Waals surface area contributed by atoms with Crippen molar-refractivity contribution in [3.63, 3.8) is 0 Å². The van der Waals surface area contributed by atoms with E-state index in [9.17, 15) is 61.3 Å². The van der Waals surface area contributed by atoms with Crippen LogP contribution in [0.5, 0.6) is 0 Å². The Bertz CT molecular complexity index is 886. The number of aliphatic hydroxyl groups is 12. The largest absolute Gasteiger partial charge is 0.394 e. The van der Waals surface area contributed by atoms with Crippen LogP contribution in [0.2, 0.25) is 0 Å². The summed E-state index contributed by atoms with van der Waals surface area (Å²) in [5.41, 5.74) is 0. The maximum absolute atomic E-state index is 10.9. The van der Waals surface area contributed by atoms with Crippen LogP contribution in [0.25, 0.3) is 0 Å². The first-order valence-corrected chi connectivity index (χ1v) is 13.8. The lowest BCUT2D eigenvalue weighted by Gasteiger charge is -2.49. The summed E-state index contributed by atoms with van der Waals surface area (Å²) in [5.74, 6) is 0. The molecule has 4 fully saturated rings. The number of ether oxygens (including phenoxy) is 7. The van der Waals surface area contributed by atoms with Crippen LogP contribution in [0.4, 0.5) is 0 Å². The van der Waals surface area contributed by atoms with E-state index in [4.69, 9.17) is 33.2 Å². The molecule has 0 aromatic rings. The summed E-state index contributed by atoms with van der Waals surface area (Å²) in [6, 6.07) is 0. The van der Waals surface area contributed by atoms with Gasteiger partial charge in [-0.2, -0.15) is 0 Å². The van der Waals surface area contributed by atoms with E-state index < -0.39 is 136 Å². The van der Waals surface area contributed by atoms with Crippen molar-refractivity contribution in [3.05, 3.63) is 0 Å². The number of hydrogen-bond donors (Lipinski definition) is 12. The van der Waals surface area contributed by atoms with E-state index in [0.29, 0.717) is 0 Å². The minimum absolute atomic E-state index is 0.832. The summed E-state index contributed by atoms with van der Waals surface area (Å²) in [6.45, 7) is 1.04. The molecule has 0 spiro atoms. The molecule has 252 valence electrons. The molecule has 12 N–H and O–H groups in total. The molecule has 0 saturated carbocycles. The summed E-state index contributed by atoms with van der Waals surface area (Å²) in [4.78, 5) is 0. The van der Waals surface area contributed by atoms with Crippen LogP contribution in [0.3, 0.4) is 0 Å². The Morgan fingerprint density at radius 1 is 0.419 bits per heavy atom. The van der Waals surface area contributed by atoms with Crippen molar-refractivity contribution in [2.45, 2.75) is 137 Å². The lowest BCUT2D eigenvalue weighted by Crippen LogP contribution is -2.67. The van der Waals surface area contributed by atoms with Crippen molar-refractivity contribution < 1.29 is 94.4 Å². The molecule has 19 heteroatoms. The predicted molar refractivity (Wildman–Crippen MR) is 131 cm³/mol. The first kappa shape index (κ1) is 35.1. The second-order valence-corrected chi connectivity index (χ2v) is 11.1. The molecule has 4 aliphatic heterocycles. The lowest BCUT2D eigenvalue weighted by atomic mass is 9.95. The quantitative estimate of drug-likeness (QED) is 0.118. The van der Waals surface area contributed by atoms with E-state index >= 15 is 0 Å². The highest BCUT2D eigenvalue weighted by molar-refractivity contribution is 4.97. The number of aliphatic hydroxyl groups excluding tert-OH is 12. The molecule has 0 aromatic carbocycles. The summed E-state index contributed by atoms with van der Waals surface area (Å²) >= 11 is 0. The van der Waals surface area contributed by atoms with E-state index in [1.54, 1.807) is 0 Å². The lowest BCUT2D eigenvalue weighted by molar-refractivity contribution is -0.398. The van der Waals surface area contributed by atoms with Crippen LogP contribution in [0, 0.1) is 0 Å². The smallest absolute Gasteiger partial charge is 0.187 e. The van der Waals surface area contributed by atoms with Gasteiger partial charge in [0.15, 0.2) is 25.2 Å². The molecule has 4 rings (SSSR count). The normalized spacial score (nSPS) is 54.8.